The Labute approximate surface area is 237 Å². The second-order valence-corrected chi connectivity index (χ2v) is 13.5. The lowest BCUT2D eigenvalue weighted by Gasteiger charge is -2.32. The van der Waals surface area contributed by atoms with Crippen LogP contribution < -0.4 is 10.2 Å². The van der Waals surface area contributed by atoms with Crippen LogP contribution in [0.5, 0.6) is 0 Å². The Morgan fingerprint density at radius 3 is 2.46 bits per heavy atom. The Kier molecular flexibility index (Phi) is 7.01. The first-order valence-corrected chi connectivity index (χ1v) is 15.6. The van der Waals surface area contributed by atoms with E-state index in [1.54, 1.807) is 10.9 Å². The van der Waals surface area contributed by atoms with Crippen molar-refractivity contribution >= 4 is 21.4 Å². The van der Waals surface area contributed by atoms with E-state index in [1.807, 2.05) is 29.2 Å². The number of nitrogens with one attached hydrogen (secondary N) is 1. The normalized spacial score (nSPS) is 24.8. The number of anilines is 1. The molecule has 1 amide bonds. The van der Waals surface area contributed by atoms with Crippen molar-refractivity contribution in [1.29, 1.82) is 5.26 Å². The molecule has 2 saturated carbocycles. The predicted octanol–water partition coefficient (Wildman–Crippen LogP) is 3.70. The quantitative estimate of drug-likeness (QED) is 0.472. The van der Waals surface area contributed by atoms with E-state index in [0.29, 0.717) is 43.9 Å². The van der Waals surface area contributed by atoms with Crippen molar-refractivity contribution in [1.82, 2.24) is 20.1 Å². The first-order valence-electron chi connectivity index (χ1n) is 13.8. The van der Waals surface area contributed by atoms with Gasteiger partial charge in [-0.2, -0.15) is 10.4 Å². The molecule has 9 nitrogen and oxygen atoms in total. The molecule has 1 saturated heterocycles. The Balaban J connectivity index is 1.36. The Morgan fingerprint density at radius 1 is 1.10 bits per heavy atom. The SMILES string of the molecule is N#CC1(NC(=O)[C@@H]2C[C@@H](F)CC[C@H]2c2nn(-c3ccc(F)cn3)cc2-c2ccc(N3CCS(=O)(=O)CC3)cc2)CC1. The van der Waals surface area contributed by atoms with Crippen molar-refractivity contribution in [2.45, 2.75) is 49.7 Å². The van der Waals surface area contributed by atoms with Crippen LogP contribution in [-0.2, 0) is 14.6 Å². The smallest absolute Gasteiger partial charge is 0.225 e. The number of nitriles is 1. The summed E-state index contributed by atoms with van der Waals surface area (Å²) < 4.78 is 53.5. The largest absolute Gasteiger partial charge is 0.369 e. The zero-order valence-corrected chi connectivity index (χ0v) is 23.2. The van der Waals surface area contributed by atoms with Crippen LogP contribution in [0.4, 0.5) is 14.5 Å². The number of hydrogen-bond acceptors (Lipinski definition) is 7. The van der Waals surface area contributed by atoms with Crippen molar-refractivity contribution in [3.8, 4) is 23.0 Å². The minimum atomic E-state index is -3.00. The number of pyridine rings is 1. The molecule has 2 aromatic heterocycles. The number of sulfone groups is 1. The van der Waals surface area contributed by atoms with E-state index >= 15 is 0 Å². The molecule has 0 radical (unpaired) electrons. The number of nitrogens with zero attached hydrogens (tertiary/aromatic N) is 5. The standard InChI is InChI=1S/C29H30F2N6O3S/c30-20-3-7-23(24(15-20)28(38)34-29(18-32)9-10-29)27-25(17-37(35-27)26-8-4-21(31)16-33-26)19-1-5-22(6-2-19)36-11-13-41(39,40)14-12-36/h1-2,4-6,8,16-17,20,23-24H,3,7,9-15H2,(H,34,38)/t20-,23+,24+/m0/s1. The lowest BCUT2D eigenvalue weighted by atomic mass is 9.74. The second-order valence-electron chi connectivity index (χ2n) is 11.2. The topological polar surface area (TPSA) is 121 Å². The molecular weight excluding hydrogens is 550 g/mol. The lowest BCUT2D eigenvalue weighted by Crippen LogP contribution is -2.44. The molecule has 41 heavy (non-hydrogen) atoms. The minimum absolute atomic E-state index is 0.0376. The highest BCUT2D eigenvalue weighted by molar-refractivity contribution is 7.91. The van der Waals surface area contributed by atoms with E-state index in [0.717, 1.165) is 23.0 Å². The van der Waals surface area contributed by atoms with Crippen LogP contribution in [0, 0.1) is 23.1 Å². The van der Waals surface area contributed by atoms with Gasteiger partial charge < -0.3 is 10.2 Å². The summed E-state index contributed by atoms with van der Waals surface area (Å²) in [4.78, 5) is 19.6. The van der Waals surface area contributed by atoms with Crippen LogP contribution in [0.1, 0.15) is 43.7 Å². The molecule has 214 valence electrons. The van der Waals surface area contributed by atoms with Crippen molar-refractivity contribution in [2.75, 3.05) is 29.5 Å². The van der Waals surface area contributed by atoms with Crippen LogP contribution in [0.2, 0.25) is 0 Å². The van der Waals surface area contributed by atoms with Gasteiger partial charge in [-0.25, -0.2) is 26.9 Å². The van der Waals surface area contributed by atoms with E-state index in [9.17, 15) is 27.3 Å². The number of rotatable bonds is 6. The van der Waals surface area contributed by atoms with Crippen molar-refractivity contribution in [3.63, 3.8) is 0 Å². The molecule has 1 N–H and O–H groups in total. The number of carbonyl (C=O) groups is 1. The number of halogens is 2. The zero-order valence-electron chi connectivity index (χ0n) is 22.3. The van der Waals surface area contributed by atoms with Crippen molar-refractivity contribution in [2.24, 2.45) is 5.92 Å². The molecule has 3 atom stereocenters. The van der Waals surface area contributed by atoms with Gasteiger partial charge in [0.2, 0.25) is 5.91 Å². The maximum atomic E-state index is 14.7. The van der Waals surface area contributed by atoms with Gasteiger partial charge in [-0.15, -0.1) is 0 Å². The van der Waals surface area contributed by atoms with Gasteiger partial charge in [0.1, 0.15) is 17.5 Å². The molecule has 1 aromatic carbocycles. The first kappa shape index (κ1) is 27.3. The average Bonchev–Trinajstić information content (AvgIpc) is 3.60. The number of aromatic nitrogens is 3. The van der Waals surface area contributed by atoms with Crippen LogP contribution in [0.3, 0.4) is 0 Å². The van der Waals surface area contributed by atoms with Crippen molar-refractivity contribution in [3.05, 3.63) is 60.3 Å². The van der Waals surface area contributed by atoms with Gasteiger partial charge in [-0.3, -0.25) is 4.79 Å². The monoisotopic (exact) mass is 580 g/mol. The van der Waals surface area contributed by atoms with E-state index < -0.39 is 39.2 Å². The summed E-state index contributed by atoms with van der Waals surface area (Å²) in [7, 11) is -3.00. The molecule has 3 aliphatic rings. The van der Waals surface area contributed by atoms with E-state index in [4.69, 9.17) is 5.10 Å². The Hall–Kier alpha value is -3.85. The second kappa shape index (κ2) is 10.5. The third kappa shape index (κ3) is 5.68. The van der Waals surface area contributed by atoms with E-state index in [2.05, 4.69) is 16.4 Å². The summed E-state index contributed by atoms with van der Waals surface area (Å²) in [6, 6.07) is 12.7. The molecule has 0 bridgehead atoms. The van der Waals surface area contributed by atoms with E-state index in [1.165, 1.54) is 12.1 Å². The predicted molar refractivity (Wildman–Crippen MR) is 148 cm³/mol. The number of hydrogen-bond donors (Lipinski definition) is 1. The van der Waals surface area contributed by atoms with Gasteiger partial charge >= 0.3 is 0 Å². The molecular formula is C29H30F2N6O3S. The Bertz CT molecular complexity index is 1580. The fourth-order valence-electron chi connectivity index (χ4n) is 5.78. The van der Waals surface area contributed by atoms with Crippen LogP contribution in [0.15, 0.2) is 48.8 Å². The van der Waals surface area contributed by atoms with Gasteiger partial charge in [-0.1, -0.05) is 12.1 Å². The number of alkyl halides is 1. The van der Waals surface area contributed by atoms with Gasteiger partial charge in [0.15, 0.2) is 15.7 Å². The molecule has 1 aliphatic heterocycles. The fourth-order valence-corrected chi connectivity index (χ4v) is 6.98. The number of benzene rings is 1. The zero-order chi connectivity index (χ0) is 28.8. The molecule has 6 rings (SSSR count). The highest BCUT2D eigenvalue weighted by Gasteiger charge is 2.48. The summed E-state index contributed by atoms with van der Waals surface area (Å²) in [6.07, 6.45) is 3.65. The van der Waals surface area contributed by atoms with Crippen LogP contribution in [0.25, 0.3) is 16.9 Å². The van der Waals surface area contributed by atoms with Gasteiger partial charge in [0.05, 0.1) is 29.5 Å². The number of carbonyl (C=O) groups excluding carboxylic acids is 1. The van der Waals surface area contributed by atoms with Crippen LogP contribution >= 0.6 is 0 Å². The third-order valence-electron chi connectivity index (χ3n) is 8.38. The molecule has 2 aliphatic carbocycles. The third-order valence-corrected chi connectivity index (χ3v) is 9.99. The first-order chi connectivity index (χ1) is 19.7. The Morgan fingerprint density at radius 2 is 1.83 bits per heavy atom. The summed E-state index contributed by atoms with van der Waals surface area (Å²) in [6.45, 7) is 0.850. The van der Waals surface area contributed by atoms with Gasteiger partial charge in [0, 0.05) is 42.4 Å². The number of amides is 1. The lowest BCUT2D eigenvalue weighted by molar-refractivity contribution is -0.128. The molecule has 0 unspecified atom stereocenters. The minimum Gasteiger partial charge on any atom is -0.369 e. The summed E-state index contributed by atoms with van der Waals surface area (Å²) in [5.41, 5.74) is 2.21. The molecule has 3 heterocycles. The van der Waals surface area contributed by atoms with Gasteiger partial charge in [0.25, 0.3) is 0 Å². The summed E-state index contributed by atoms with van der Waals surface area (Å²) in [5, 5.41) is 17.2. The fraction of sp³-hybridized carbons (Fsp3) is 0.448. The highest BCUT2D eigenvalue weighted by Crippen LogP contribution is 2.44. The highest BCUT2D eigenvalue weighted by atomic mass is 32.2. The molecule has 0 spiro atoms. The summed E-state index contributed by atoms with van der Waals surface area (Å²) >= 11 is 0. The maximum Gasteiger partial charge on any atom is 0.225 e. The average molecular weight is 581 g/mol. The molecule has 12 heteroatoms. The van der Waals surface area contributed by atoms with Gasteiger partial charge in [-0.05, 0) is 61.9 Å². The molecule has 3 aromatic rings. The van der Waals surface area contributed by atoms with Crippen LogP contribution in [-0.4, -0.2) is 65.4 Å². The maximum absolute atomic E-state index is 14.7. The summed E-state index contributed by atoms with van der Waals surface area (Å²) in [5.74, 6) is -1.30. The molecule has 3 fully saturated rings. The van der Waals surface area contributed by atoms with Crippen molar-refractivity contribution < 1.29 is 22.0 Å². The van der Waals surface area contributed by atoms with E-state index in [-0.39, 0.29) is 30.3 Å².